The van der Waals surface area contributed by atoms with E-state index in [1.807, 2.05) is 36.1 Å². The molecule has 6 nitrogen and oxygen atoms in total. The fourth-order valence-corrected chi connectivity index (χ4v) is 3.04. The predicted octanol–water partition coefficient (Wildman–Crippen LogP) is 2.22. The van der Waals surface area contributed by atoms with Crippen LogP contribution in [0.2, 0.25) is 0 Å². The third kappa shape index (κ3) is 4.19. The zero-order valence-electron chi connectivity index (χ0n) is 14.2. The molecule has 1 amide bonds. The quantitative estimate of drug-likeness (QED) is 0.826. The number of piperidine rings is 1. The summed E-state index contributed by atoms with van der Waals surface area (Å²) in [7, 11) is 0. The van der Waals surface area contributed by atoms with E-state index in [0.29, 0.717) is 25.4 Å². The first-order valence-electron chi connectivity index (χ1n) is 8.62. The van der Waals surface area contributed by atoms with Crippen LogP contribution < -0.4 is 9.47 Å². The van der Waals surface area contributed by atoms with Crippen molar-refractivity contribution >= 4 is 5.91 Å². The van der Waals surface area contributed by atoms with E-state index < -0.39 is 5.79 Å². The van der Waals surface area contributed by atoms with Crippen molar-refractivity contribution in [3.8, 4) is 11.5 Å². The lowest BCUT2D eigenvalue weighted by molar-refractivity contribution is -0.282. The van der Waals surface area contributed by atoms with Crippen LogP contribution in [-0.4, -0.2) is 56.1 Å². The lowest BCUT2D eigenvalue weighted by Crippen LogP contribution is -2.52. The van der Waals surface area contributed by atoms with Gasteiger partial charge in [0.15, 0.2) is 12.4 Å². The summed E-state index contributed by atoms with van der Waals surface area (Å²) in [6.45, 7) is 5.39. The van der Waals surface area contributed by atoms with Gasteiger partial charge in [0.1, 0.15) is 11.5 Å². The highest BCUT2D eigenvalue weighted by Gasteiger charge is 2.39. The van der Waals surface area contributed by atoms with Crippen molar-refractivity contribution in [3.05, 3.63) is 24.3 Å². The Morgan fingerprint density at radius 1 is 1.08 bits per heavy atom. The molecule has 1 aromatic rings. The number of nitrogens with zero attached hydrogens (tertiary/aromatic N) is 1. The summed E-state index contributed by atoms with van der Waals surface area (Å²) in [6, 6.07) is 7.30. The van der Waals surface area contributed by atoms with Crippen molar-refractivity contribution in [2.24, 2.45) is 0 Å². The van der Waals surface area contributed by atoms with Gasteiger partial charge in [-0.1, -0.05) is 0 Å². The second-order valence-electron chi connectivity index (χ2n) is 6.04. The van der Waals surface area contributed by atoms with Gasteiger partial charge in [-0.05, 0) is 37.6 Å². The monoisotopic (exact) mass is 335 g/mol. The summed E-state index contributed by atoms with van der Waals surface area (Å²) < 4.78 is 22.5. The van der Waals surface area contributed by atoms with Crippen LogP contribution in [0.4, 0.5) is 0 Å². The Hall–Kier alpha value is -1.79. The zero-order valence-corrected chi connectivity index (χ0v) is 14.2. The van der Waals surface area contributed by atoms with E-state index in [2.05, 4.69) is 0 Å². The molecular formula is C18H25NO5. The van der Waals surface area contributed by atoms with E-state index in [-0.39, 0.29) is 12.5 Å². The number of amides is 1. The Bertz CT molecular complexity index is 529. The maximum atomic E-state index is 12.3. The number of hydrogen-bond donors (Lipinski definition) is 0. The highest BCUT2D eigenvalue weighted by Crippen LogP contribution is 2.30. The van der Waals surface area contributed by atoms with Crippen LogP contribution in [0.5, 0.6) is 11.5 Å². The van der Waals surface area contributed by atoms with Crippen LogP contribution in [0.25, 0.3) is 0 Å². The minimum atomic E-state index is -0.467. The maximum absolute atomic E-state index is 12.3. The van der Waals surface area contributed by atoms with E-state index in [4.69, 9.17) is 18.9 Å². The summed E-state index contributed by atoms with van der Waals surface area (Å²) in [5, 5.41) is 0. The molecule has 132 valence electrons. The van der Waals surface area contributed by atoms with E-state index in [1.165, 1.54) is 0 Å². The third-order valence-electron chi connectivity index (χ3n) is 4.39. The fraction of sp³-hybridized carbons (Fsp3) is 0.611. The molecule has 0 aromatic heterocycles. The van der Waals surface area contributed by atoms with Crippen LogP contribution in [0, 0.1) is 0 Å². The molecule has 2 heterocycles. The number of carbonyl (C=O) groups is 1. The summed E-state index contributed by atoms with van der Waals surface area (Å²) >= 11 is 0. The summed E-state index contributed by atoms with van der Waals surface area (Å²) in [5.74, 6) is 0.990. The molecule has 0 saturated carbocycles. The van der Waals surface area contributed by atoms with Crippen molar-refractivity contribution in [3.63, 3.8) is 0 Å². The number of carbonyl (C=O) groups excluding carboxylic acids is 1. The van der Waals surface area contributed by atoms with Crippen LogP contribution in [0.1, 0.15) is 26.2 Å². The largest absolute Gasteiger partial charge is 0.494 e. The molecule has 0 unspecified atom stereocenters. The van der Waals surface area contributed by atoms with Crippen LogP contribution >= 0.6 is 0 Å². The smallest absolute Gasteiger partial charge is 0.260 e. The first kappa shape index (κ1) is 17.0. The lowest BCUT2D eigenvalue weighted by Gasteiger charge is -2.43. The molecule has 2 fully saturated rings. The van der Waals surface area contributed by atoms with Gasteiger partial charge in [-0.2, -0.15) is 0 Å². The van der Waals surface area contributed by atoms with Gasteiger partial charge in [0.05, 0.1) is 19.8 Å². The molecule has 1 aromatic carbocycles. The van der Waals surface area contributed by atoms with E-state index in [0.717, 1.165) is 38.2 Å². The summed E-state index contributed by atoms with van der Waals surface area (Å²) in [4.78, 5) is 14.1. The minimum absolute atomic E-state index is 0.00505. The van der Waals surface area contributed by atoms with Gasteiger partial charge in [-0.15, -0.1) is 0 Å². The van der Waals surface area contributed by atoms with Crippen molar-refractivity contribution in [1.29, 1.82) is 0 Å². The van der Waals surface area contributed by atoms with Gasteiger partial charge >= 0.3 is 0 Å². The Balaban J connectivity index is 1.44. The van der Waals surface area contributed by atoms with Crippen LogP contribution in [0.3, 0.4) is 0 Å². The molecule has 3 rings (SSSR count). The summed E-state index contributed by atoms with van der Waals surface area (Å²) in [6.07, 6.45) is 2.39. The molecule has 6 heteroatoms. The van der Waals surface area contributed by atoms with Crippen molar-refractivity contribution in [2.75, 3.05) is 39.5 Å². The molecule has 2 aliphatic rings. The van der Waals surface area contributed by atoms with E-state index >= 15 is 0 Å². The third-order valence-corrected chi connectivity index (χ3v) is 4.39. The standard InChI is InChI=1S/C18H25NO5/c1-2-21-15-4-6-16(7-5-15)22-14-17(20)19-10-8-18(9-11-19)23-12-3-13-24-18/h4-7H,2-3,8-14H2,1H3. The van der Waals surface area contributed by atoms with Gasteiger partial charge < -0.3 is 23.8 Å². The lowest BCUT2D eigenvalue weighted by atomic mass is 10.0. The molecule has 0 bridgehead atoms. The van der Waals surface area contributed by atoms with Crippen molar-refractivity contribution in [2.45, 2.75) is 32.0 Å². The van der Waals surface area contributed by atoms with E-state index in [9.17, 15) is 4.79 Å². The number of rotatable bonds is 5. The van der Waals surface area contributed by atoms with Gasteiger partial charge in [-0.25, -0.2) is 0 Å². The van der Waals surface area contributed by atoms with Gasteiger partial charge in [0, 0.05) is 25.9 Å². The van der Waals surface area contributed by atoms with Gasteiger partial charge in [-0.3, -0.25) is 4.79 Å². The minimum Gasteiger partial charge on any atom is -0.494 e. The highest BCUT2D eigenvalue weighted by molar-refractivity contribution is 5.77. The fourth-order valence-electron chi connectivity index (χ4n) is 3.04. The molecule has 0 N–H and O–H groups in total. The first-order chi connectivity index (χ1) is 11.7. The maximum Gasteiger partial charge on any atom is 0.260 e. The molecule has 2 aliphatic heterocycles. The number of likely N-dealkylation sites (tertiary alicyclic amines) is 1. The number of benzene rings is 1. The SMILES string of the molecule is CCOc1ccc(OCC(=O)N2CCC3(CC2)OCCCO3)cc1. The van der Waals surface area contributed by atoms with Crippen molar-refractivity contribution in [1.82, 2.24) is 4.90 Å². The molecule has 0 radical (unpaired) electrons. The van der Waals surface area contributed by atoms with Crippen molar-refractivity contribution < 1.29 is 23.7 Å². The average molecular weight is 335 g/mol. The number of hydrogen-bond acceptors (Lipinski definition) is 5. The summed E-state index contributed by atoms with van der Waals surface area (Å²) in [5.41, 5.74) is 0. The Morgan fingerprint density at radius 3 is 2.25 bits per heavy atom. The highest BCUT2D eigenvalue weighted by atomic mass is 16.7. The predicted molar refractivity (Wildman–Crippen MR) is 88.2 cm³/mol. The normalized spacial score (nSPS) is 20.0. The number of ether oxygens (including phenoxy) is 4. The van der Waals surface area contributed by atoms with Gasteiger partial charge in [0.2, 0.25) is 0 Å². The topological polar surface area (TPSA) is 57.2 Å². The molecule has 0 atom stereocenters. The first-order valence-corrected chi connectivity index (χ1v) is 8.62. The van der Waals surface area contributed by atoms with Crippen LogP contribution in [0.15, 0.2) is 24.3 Å². The molecular weight excluding hydrogens is 310 g/mol. The second-order valence-corrected chi connectivity index (χ2v) is 6.04. The second kappa shape index (κ2) is 7.85. The molecule has 1 spiro atoms. The molecule has 2 saturated heterocycles. The van der Waals surface area contributed by atoms with Gasteiger partial charge in [0.25, 0.3) is 5.91 Å². The van der Waals surface area contributed by atoms with E-state index in [1.54, 1.807) is 0 Å². The molecule has 0 aliphatic carbocycles. The Morgan fingerprint density at radius 2 is 1.67 bits per heavy atom. The van der Waals surface area contributed by atoms with Crippen LogP contribution in [-0.2, 0) is 14.3 Å². The average Bonchev–Trinajstić information content (AvgIpc) is 2.62. The molecule has 24 heavy (non-hydrogen) atoms. The Kier molecular flexibility index (Phi) is 5.58. The zero-order chi connectivity index (χ0) is 16.8. The Labute approximate surface area is 142 Å².